The summed E-state index contributed by atoms with van der Waals surface area (Å²) in [5.74, 6) is -1.24. The van der Waals surface area contributed by atoms with Crippen LogP contribution in [0.25, 0.3) is 0 Å². The summed E-state index contributed by atoms with van der Waals surface area (Å²) in [6, 6.07) is 1.73. The minimum atomic E-state index is -0.936. The van der Waals surface area contributed by atoms with Crippen LogP contribution in [0.4, 0.5) is 4.39 Å². The number of hydrogen-bond acceptors (Lipinski definition) is 3. The summed E-state index contributed by atoms with van der Waals surface area (Å²) in [7, 11) is 1.21. The normalized spacial score (nSPS) is 12.3. The monoisotopic (exact) mass is 265 g/mol. The van der Waals surface area contributed by atoms with E-state index in [9.17, 15) is 9.18 Å². The molecule has 1 aromatic rings. The molecule has 0 aliphatic carbocycles. The van der Waals surface area contributed by atoms with Gasteiger partial charge in [-0.2, -0.15) is 0 Å². The molecule has 16 heavy (non-hydrogen) atoms. The Morgan fingerprint density at radius 1 is 1.56 bits per heavy atom. The molecular weight excluding hydrogens is 256 g/mol. The van der Waals surface area contributed by atoms with Crippen molar-refractivity contribution in [3.8, 4) is 0 Å². The van der Waals surface area contributed by atoms with Gasteiger partial charge in [-0.05, 0) is 17.7 Å². The van der Waals surface area contributed by atoms with E-state index >= 15 is 0 Å². The van der Waals surface area contributed by atoms with Crippen molar-refractivity contribution >= 4 is 29.2 Å². The molecular formula is C10H10Cl2FNO2. The first-order valence-corrected chi connectivity index (χ1v) is 5.18. The van der Waals surface area contributed by atoms with Crippen LogP contribution in [0.15, 0.2) is 12.1 Å². The van der Waals surface area contributed by atoms with Crippen LogP contribution in [-0.4, -0.2) is 19.1 Å². The average Bonchev–Trinajstić information content (AvgIpc) is 2.23. The van der Waals surface area contributed by atoms with Crippen LogP contribution in [0, 0.1) is 5.82 Å². The van der Waals surface area contributed by atoms with Crippen LogP contribution in [0.3, 0.4) is 0 Å². The lowest BCUT2D eigenvalue weighted by atomic mass is 10.1. The summed E-state index contributed by atoms with van der Waals surface area (Å²) >= 11 is 11.3. The summed E-state index contributed by atoms with van der Waals surface area (Å²) < 4.78 is 17.9. The van der Waals surface area contributed by atoms with Crippen molar-refractivity contribution in [3.63, 3.8) is 0 Å². The van der Waals surface area contributed by atoms with Crippen LogP contribution in [-0.2, 0) is 16.0 Å². The Bertz CT molecular complexity index is 412. The second-order valence-corrected chi connectivity index (χ2v) is 4.04. The summed E-state index contributed by atoms with van der Waals surface area (Å²) in [6.45, 7) is 0. The number of hydrogen-bond donors (Lipinski definition) is 1. The molecule has 0 unspecified atom stereocenters. The van der Waals surface area contributed by atoms with Gasteiger partial charge < -0.3 is 10.5 Å². The first kappa shape index (κ1) is 13.2. The predicted octanol–water partition coefficient (Wildman–Crippen LogP) is 2.18. The molecule has 0 saturated carbocycles. The second kappa shape index (κ2) is 5.48. The number of carbonyl (C=O) groups excluding carboxylic acids is 1. The Morgan fingerprint density at radius 2 is 2.19 bits per heavy atom. The fourth-order valence-corrected chi connectivity index (χ4v) is 1.77. The number of methoxy groups -OCH3 is 1. The van der Waals surface area contributed by atoms with Gasteiger partial charge in [0.15, 0.2) is 0 Å². The van der Waals surface area contributed by atoms with Crippen molar-refractivity contribution < 1.29 is 13.9 Å². The molecule has 0 saturated heterocycles. The maximum Gasteiger partial charge on any atom is 0.322 e. The Morgan fingerprint density at radius 3 is 2.75 bits per heavy atom. The molecule has 0 heterocycles. The van der Waals surface area contributed by atoms with E-state index < -0.39 is 17.8 Å². The molecule has 0 radical (unpaired) electrons. The number of nitrogens with two attached hydrogens (primary N) is 1. The Balaban J connectivity index is 2.93. The Labute approximate surface area is 102 Å². The van der Waals surface area contributed by atoms with Crippen LogP contribution < -0.4 is 5.73 Å². The van der Waals surface area contributed by atoms with Crippen molar-refractivity contribution in [2.45, 2.75) is 12.5 Å². The zero-order valence-electron chi connectivity index (χ0n) is 8.47. The zero-order chi connectivity index (χ0) is 12.3. The van der Waals surface area contributed by atoms with Crippen LogP contribution >= 0.6 is 23.2 Å². The molecule has 88 valence electrons. The van der Waals surface area contributed by atoms with Crippen molar-refractivity contribution in [2.24, 2.45) is 5.73 Å². The largest absolute Gasteiger partial charge is 0.468 e. The van der Waals surface area contributed by atoms with Gasteiger partial charge in [-0.1, -0.05) is 23.2 Å². The van der Waals surface area contributed by atoms with Crippen LogP contribution in [0.1, 0.15) is 5.56 Å². The van der Waals surface area contributed by atoms with Crippen LogP contribution in [0.5, 0.6) is 0 Å². The summed E-state index contributed by atoms with van der Waals surface area (Å²) in [6.07, 6.45) is -0.0151. The molecule has 0 bridgehead atoms. The fraction of sp³-hybridized carbons (Fsp3) is 0.300. The number of ether oxygens (including phenoxy) is 1. The van der Waals surface area contributed by atoms with Gasteiger partial charge in [0.2, 0.25) is 0 Å². The highest BCUT2D eigenvalue weighted by Crippen LogP contribution is 2.24. The van der Waals surface area contributed by atoms with Crippen molar-refractivity contribution in [1.82, 2.24) is 0 Å². The summed E-state index contributed by atoms with van der Waals surface area (Å²) in [4.78, 5) is 11.1. The molecule has 0 aromatic heterocycles. The SMILES string of the molecule is COC(=O)[C@H](N)Cc1cc(Cl)cc(Cl)c1F. The molecule has 2 N–H and O–H groups in total. The molecule has 0 aliphatic heterocycles. The van der Waals surface area contributed by atoms with E-state index in [0.717, 1.165) is 0 Å². The maximum absolute atomic E-state index is 13.5. The first-order valence-electron chi connectivity index (χ1n) is 4.42. The van der Waals surface area contributed by atoms with Gasteiger partial charge in [-0.15, -0.1) is 0 Å². The van der Waals surface area contributed by atoms with E-state index in [0.29, 0.717) is 5.02 Å². The lowest BCUT2D eigenvalue weighted by Gasteiger charge is -2.10. The molecule has 1 rings (SSSR count). The smallest absolute Gasteiger partial charge is 0.322 e. The van der Waals surface area contributed by atoms with Crippen LogP contribution in [0.2, 0.25) is 10.0 Å². The zero-order valence-corrected chi connectivity index (χ0v) is 9.98. The van der Waals surface area contributed by atoms with E-state index in [4.69, 9.17) is 28.9 Å². The first-order chi connectivity index (χ1) is 7.45. The predicted molar refractivity (Wildman–Crippen MR) is 60.1 cm³/mol. The quantitative estimate of drug-likeness (QED) is 0.673. The molecule has 6 heteroatoms. The van der Waals surface area contributed by atoms with E-state index in [-0.39, 0.29) is 17.0 Å². The molecule has 0 spiro atoms. The molecule has 1 aromatic carbocycles. The number of halogens is 3. The van der Waals surface area contributed by atoms with Gasteiger partial charge in [-0.3, -0.25) is 4.79 Å². The highest BCUT2D eigenvalue weighted by molar-refractivity contribution is 6.34. The maximum atomic E-state index is 13.5. The van der Waals surface area contributed by atoms with Crippen molar-refractivity contribution in [3.05, 3.63) is 33.6 Å². The lowest BCUT2D eigenvalue weighted by Crippen LogP contribution is -2.33. The van der Waals surface area contributed by atoms with Gasteiger partial charge in [0.1, 0.15) is 11.9 Å². The van der Waals surface area contributed by atoms with E-state index in [1.807, 2.05) is 0 Å². The molecule has 0 fully saturated rings. The molecule has 1 atom stereocenters. The number of rotatable bonds is 3. The average molecular weight is 266 g/mol. The standard InChI is InChI=1S/C10H10Cl2FNO2/c1-16-10(15)8(14)3-5-2-6(11)4-7(12)9(5)13/h2,4,8H,3,14H2,1H3/t8-/m1/s1. The summed E-state index contributed by atoms with van der Waals surface area (Å²) in [5.41, 5.74) is 5.69. The van der Waals surface area contributed by atoms with E-state index in [1.165, 1.54) is 19.2 Å². The number of carbonyl (C=O) groups is 1. The third kappa shape index (κ3) is 3.07. The Kier molecular flexibility index (Phi) is 4.53. The number of esters is 1. The van der Waals surface area contributed by atoms with E-state index in [2.05, 4.69) is 4.74 Å². The topological polar surface area (TPSA) is 52.3 Å². The third-order valence-electron chi connectivity index (χ3n) is 2.01. The highest BCUT2D eigenvalue weighted by atomic mass is 35.5. The van der Waals surface area contributed by atoms with Crippen molar-refractivity contribution in [2.75, 3.05) is 7.11 Å². The fourth-order valence-electron chi connectivity index (χ4n) is 1.23. The second-order valence-electron chi connectivity index (χ2n) is 3.19. The molecule has 3 nitrogen and oxygen atoms in total. The lowest BCUT2D eigenvalue weighted by molar-refractivity contribution is -0.142. The van der Waals surface area contributed by atoms with E-state index in [1.54, 1.807) is 0 Å². The van der Waals surface area contributed by atoms with Crippen molar-refractivity contribution in [1.29, 1.82) is 0 Å². The third-order valence-corrected chi connectivity index (χ3v) is 2.51. The number of benzene rings is 1. The molecule has 0 amide bonds. The van der Waals surface area contributed by atoms with Gasteiger partial charge in [0, 0.05) is 11.4 Å². The molecule has 0 aliphatic rings. The van der Waals surface area contributed by atoms with Gasteiger partial charge in [-0.25, -0.2) is 4.39 Å². The van der Waals surface area contributed by atoms with Gasteiger partial charge in [0.25, 0.3) is 0 Å². The minimum absolute atomic E-state index is 0.0151. The van der Waals surface area contributed by atoms with Gasteiger partial charge in [0.05, 0.1) is 12.1 Å². The van der Waals surface area contributed by atoms with Gasteiger partial charge >= 0.3 is 5.97 Å². The highest BCUT2D eigenvalue weighted by Gasteiger charge is 2.18. The minimum Gasteiger partial charge on any atom is -0.468 e. The summed E-state index contributed by atoms with van der Waals surface area (Å²) in [5, 5.41) is 0.193. The Hall–Kier alpha value is -0.840.